The topological polar surface area (TPSA) is 47.6 Å². The van der Waals surface area contributed by atoms with E-state index >= 15 is 0 Å². The van der Waals surface area contributed by atoms with Crippen molar-refractivity contribution >= 4 is 0 Å². The van der Waals surface area contributed by atoms with Crippen LogP contribution in [0.4, 0.5) is 0 Å². The Kier molecular flexibility index (Phi) is 1.70. The van der Waals surface area contributed by atoms with Gasteiger partial charge in [-0.05, 0) is 58.5 Å². The van der Waals surface area contributed by atoms with Gasteiger partial charge in [-0.2, -0.15) is 10.5 Å². The fourth-order valence-electron chi connectivity index (χ4n) is 6.91. The van der Waals surface area contributed by atoms with Gasteiger partial charge in [-0.3, -0.25) is 0 Å². The molecule has 0 aromatic heterocycles. The van der Waals surface area contributed by atoms with Gasteiger partial charge in [-0.1, -0.05) is 38.1 Å². The van der Waals surface area contributed by atoms with Gasteiger partial charge in [0.1, 0.15) is 5.41 Å². The van der Waals surface area contributed by atoms with Crippen LogP contribution in [-0.2, 0) is 0 Å². The Morgan fingerprint density at radius 3 is 2.29 bits per heavy atom. The molecule has 2 nitrogen and oxygen atoms in total. The molecule has 1 aromatic carbocycles. The van der Waals surface area contributed by atoms with Crippen LogP contribution >= 0.6 is 0 Å². The van der Waals surface area contributed by atoms with E-state index in [1.54, 1.807) is 5.56 Å². The van der Waals surface area contributed by atoms with Crippen molar-refractivity contribution in [2.24, 2.45) is 28.1 Å². The average Bonchev–Trinajstić information content (AvgIpc) is 2.79. The minimum absolute atomic E-state index is 0.212. The van der Waals surface area contributed by atoms with Crippen molar-refractivity contribution < 1.29 is 0 Å². The number of hydrogen-bond donors (Lipinski definition) is 0. The molecule has 0 N–H and O–H groups in total. The maximum Gasteiger partial charge on any atom is 0.144 e. The number of fused-ring (bicyclic) bond motifs is 3. The predicted octanol–water partition coefficient (Wildman–Crippen LogP) is 3.97. The van der Waals surface area contributed by atoms with Gasteiger partial charge >= 0.3 is 0 Å². The van der Waals surface area contributed by atoms with E-state index in [2.05, 4.69) is 50.3 Å². The van der Waals surface area contributed by atoms with E-state index in [1.807, 2.05) is 0 Å². The van der Waals surface area contributed by atoms with E-state index in [9.17, 15) is 10.5 Å². The van der Waals surface area contributed by atoms with Crippen LogP contribution in [0.2, 0.25) is 0 Å². The van der Waals surface area contributed by atoms with Crippen LogP contribution in [0.3, 0.4) is 0 Å². The molecule has 0 aliphatic heterocycles. The Balaban J connectivity index is 1.72. The molecule has 2 heteroatoms. The average molecular weight is 274 g/mol. The first-order valence-corrected chi connectivity index (χ1v) is 7.93. The molecule has 1 aromatic rings. The third-order valence-electron chi connectivity index (χ3n) is 7.41. The van der Waals surface area contributed by atoms with Crippen LogP contribution < -0.4 is 0 Å². The van der Waals surface area contributed by atoms with Gasteiger partial charge in [0.15, 0.2) is 0 Å². The molecule has 3 fully saturated rings. The largest absolute Gasteiger partial charge is 0.197 e. The van der Waals surface area contributed by atoms with Crippen molar-refractivity contribution in [2.45, 2.75) is 38.5 Å². The minimum Gasteiger partial charge on any atom is -0.197 e. The summed E-state index contributed by atoms with van der Waals surface area (Å²) < 4.78 is 0. The molecule has 3 saturated carbocycles. The molecule has 104 valence electrons. The number of nitrogens with zero attached hydrogens (tertiary/aromatic N) is 2. The van der Waals surface area contributed by atoms with Crippen LogP contribution in [0.1, 0.15) is 49.7 Å². The van der Waals surface area contributed by atoms with Crippen LogP contribution in [-0.4, -0.2) is 0 Å². The Morgan fingerprint density at radius 2 is 1.67 bits per heavy atom. The molecular weight excluding hydrogens is 256 g/mol. The van der Waals surface area contributed by atoms with Crippen molar-refractivity contribution in [2.75, 3.05) is 0 Å². The molecule has 4 aliphatic rings. The number of hydrogen-bond acceptors (Lipinski definition) is 2. The van der Waals surface area contributed by atoms with Crippen LogP contribution in [0.25, 0.3) is 0 Å². The van der Waals surface area contributed by atoms with E-state index in [0.29, 0.717) is 23.7 Å². The molecule has 5 atom stereocenters. The fraction of sp³-hybridized carbons (Fsp3) is 0.579. The standard InChI is InChI=1S/C19H18N2/c1-17(2)13-7-18(9-20,10-21)8-19(13)15-12-6-4-3-5-11(12)14(17)16(15)19/h3-6,13-16H,7-8H2,1-2H3. The summed E-state index contributed by atoms with van der Waals surface area (Å²) in [5.74, 6) is 2.48. The summed E-state index contributed by atoms with van der Waals surface area (Å²) in [4.78, 5) is 0. The third kappa shape index (κ3) is 0.969. The second-order valence-electron chi connectivity index (χ2n) is 8.28. The van der Waals surface area contributed by atoms with Gasteiger partial charge in [-0.25, -0.2) is 0 Å². The highest BCUT2D eigenvalue weighted by Crippen LogP contribution is 2.92. The number of rotatable bonds is 0. The molecule has 0 bridgehead atoms. The predicted molar refractivity (Wildman–Crippen MR) is 78.0 cm³/mol. The summed E-state index contributed by atoms with van der Waals surface area (Å²) in [5, 5.41) is 19.1. The van der Waals surface area contributed by atoms with Crippen molar-refractivity contribution in [3.8, 4) is 12.1 Å². The summed E-state index contributed by atoms with van der Waals surface area (Å²) in [6.45, 7) is 4.75. The van der Waals surface area contributed by atoms with E-state index in [4.69, 9.17) is 0 Å². The SMILES string of the molecule is CC1(C)C2c3ccccc3C3C2C32CC(C#N)(C#N)CC12. The van der Waals surface area contributed by atoms with Gasteiger partial charge in [-0.15, -0.1) is 0 Å². The number of benzene rings is 1. The lowest BCUT2D eigenvalue weighted by molar-refractivity contribution is 0.171. The zero-order valence-electron chi connectivity index (χ0n) is 12.4. The molecule has 5 unspecified atom stereocenters. The van der Waals surface area contributed by atoms with E-state index < -0.39 is 5.41 Å². The first-order chi connectivity index (χ1) is 10.0. The van der Waals surface area contributed by atoms with E-state index in [1.165, 1.54) is 5.56 Å². The van der Waals surface area contributed by atoms with Crippen molar-refractivity contribution in [3.63, 3.8) is 0 Å². The Morgan fingerprint density at radius 1 is 1.05 bits per heavy atom. The quantitative estimate of drug-likeness (QED) is 0.718. The summed E-state index contributed by atoms with van der Waals surface area (Å²) in [6, 6.07) is 13.6. The maximum atomic E-state index is 9.57. The highest BCUT2D eigenvalue weighted by atomic mass is 14.9. The molecule has 1 spiro atoms. The fourth-order valence-corrected chi connectivity index (χ4v) is 6.91. The zero-order valence-corrected chi connectivity index (χ0v) is 12.4. The van der Waals surface area contributed by atoms with Gasteiger partial charge in [0, 0.05) is 0 Å². The molecule has 5 rings (SSSR count). The Hall–Kier alpha value is -1.80. The first-order valence-electron chi connectivity index (χ1n) is 7.93. The first kappa shape index (κ1) is 11.8. The molecule has 0 radical (unpaired) electrons. The second kappa shape index (κ2) is 3.02. The lowest BCUT2D eigenvalue weighted by atomic mass is 9.68. The van der Waals surface area contributed by atoms with E-state index in [0.717, 1.165) is 12.8 Å². The molecule has 0 heterocycles. The van der Waals surface area contributed by atoms with Crippen molar-refractivity contribution in [3.05, 3.63) is 35.4 Å². The van der Waals surface area contributed by atoms with Crippen molar-refractivity contribution in [1.29, 1.82) is 10.5 Å². The summed E-state index contributed by atoms with van der Waals surface area (Å²) >= 11 is 0. The van der Waals surface area contributed by atoms with Crippen LogP contribution in [0.15, 0.2) is 24.3 Å². The minimum atomic E-state index is -0.730. The zero-order chi connectivity index (χ0) is 14.6. The lowest BCUT2D eigenvalue weighted by Crippen LogP contribution is -2.28. The van der Waals surface area contributed by atoms with Gasteiger partial charge in [0.25, 0.3) is 0 Å². The summed E-state index contributed by atoms with van der Waals surface area (Å²) in [6.07, 6.45) is 1.59. The Labute approximate surface area is 125 Å². The van der Waals surface area contributed by atoms with E-state index in [-0.39, 0.29) is 10.8 Å². The lowest BCUT2D eigenvalue weighted by Gasteiger charge is -2.35. The molecule has 0 amide bonds. The maximum absolute atomic E-state index is 9.57. The van der Waals surface area contributed by atoms with Gasteiger partial charge in [0.05, 0.1) is 12.1 Å². The highest BCUT2D eigenvalue weighted by Gasteiger charge is 2.86. The van der Waals surface area contributed by atoms with Crippen LogP contribution in [0.5, 0.6) is 0 Å². The second-order valence-corrected chi connectivity index (χ2v) is 8.28. The van der Waals surface area contributed by atoms with Crippen LogP contribution in [0, 0.1) is 50.7 Å². The summed E-state index contributed by atoms with van der Waals surface area (Å²) in [5.41, 5.74) is 2.82. The molecular formula is C19H18N2. The highest BCUT2D eigenvalue weighted by molar-refractivity contribution is 5.57. The third-order valence-corrected chi connectivity index (χ3v) is 7.41. The molecule has 0 saturated heterocycles. The summed E-state index contributed by atoms with van der Waals surface area (Å²) in [7, 11) is 0. The van der Waals surface area contributed by atoms with Gasteiger partial charge in [0.2, 0.25) is 0 Å². The molecule has 21 heavy (non-hydrogen) atoms. The number of nitriles is 2. The monoisotopic (exact) mass is 274 g/mol. The molecule has 4 aliphatic carbocycles. The smallest absolute Gasteiger partial charge is 0.144 e. The Bertz CT molecular complexity index is 749. The van der Waals surface area contributed by atoms with Crippen molar-refractivity contribution in [1.82, 2.24) is 0 Å². The van der Waals surface area contributed by atoms with Gasteiger partial charge < -0.3 is 0 Å². The normalized spacial score (nSPS) is 45.1.